The van der Waals surface area contributed by atoms with E-state index >= 15 is 4.39 Å². The molecular formula is C24H30FN3O6S. The van der Waals surface area contributed by atoms with E-state index in [2.05, 4.69) is 10.0 Å². The minimum Gasteiger partial charge on any atom is -0.598 e. The number of barbiturate groups is 1. The molecule has 0 spiro atoms. The Labute approximate surface area is 206 Å². The summed E-state index contributed by atoms with van der Waals surface area (Å²) in [5.74, 6) is -4.93. The summed E-state index contributed by atoms with van der Waals surface area (Å²) in [6.45, 7) is 5.96. The monoisotopic (exact) mass is 507 g/mol. The molecule has 2 aliphatic heterocycles. The number of carbonyl (C=O) groups is 4. The van der Waals surface area contributed by atoms with Crippen LogP contribution in [0, 0.1) is 11.7 Å². The van der Waals surface area contributed by atoms with Gasteiger partial charge in [-0.1, -0.05) is 12.1 Å². The summed E-state index contributed by atoms with van der Waals surface area (Å²) in [6.07, 6.45) is 1.09. The zero-order valence-electron chi connectivity index (χ0n) is 20.0. The Bertz CT molecular complexity index is 1050. The topological polar surface area (TPSA) is 128 Å². The number of hydrogen-bond acceptors (Lipinski definition) is 7. The first-order valence-electron chi connectivity index (χ1n) is 11.7. The summed E-state index contributed by atoms with van der Waals surface area (Å²) < 4.78 is 35.7. The average Bonchev–Trinajstić information content (AvgIpc) is 3.12. The van der Waals surface area contributed by atoms with Crippen molar-refractivity contribution < 1.29 is 32.9 Å². The number of amides is 4. The van der Waals surface area contributed by atoms with E-state index in [0.29, 0.717) is 38.0 Å². The lowest BCUT2D eigenvalue weighted by molar-refractivity contribution is -0.150. The van der Waals surface area contributed by atoms with Gasteiger partial charge in [0.1, 0.15) is 10.6 Å². The number of aryl methyl sites for hydroxylation is 1. The summed E-state index contributed by atoms with van der Waals surface area (Å²) in [4.78, 5) is 52.9. The van der Waals surface area contributed by atoms with Crippen LogP contribution in [0.3, 0.4) is 0 Å². The number of nitrogens with one attached hydrogen (secondary N) is 2. The maximum absolute atomic E-state index is 15.1. The maximum Gasteiger partial charge on any atom is 0.331 e. The van der Waals surface area contributed by atoms with Crippen molar-refractivity contribution >= 4 is 35.0 Å². The predicted octanol–water partition coefficient (Wildman–Crippen LogP) is 1.85. The van der Waals surface area contributed by atoms with Crippen LogP contribution in [-0.2, 0) is 42.4 Å². The van der Waals surface area contributed by atoms with Crippen LogP contribution in [0.2, 0.25) is 0 Å². The Balaban J connectivity index is 1.66. The molecule has 4 amide bonds. The molecule has 190 valence electrons. The number of imide groups is 2. The maximum atomic E-state index is 15.1. The molecule has 2 unspecified atom stereocenters. The molecule has 1 aromatic carbocycles. The molecule has 0 bridgehead atoms. The second kappa shape index (κ2) is 9.61. The number of halogens is 1. The van der Waals surface area contributed by atoms with E-state index in [-0.39, 0.29) is 12.0 Å². The van der Waals surface area contributed by atoms with E-state index in [1.54, 1.807) is 32.9 Å². The van der Waals surface area contributed by atoms with E-state index in [1.165, 1.54) is 6.07 Å². The number of ketones is 1. The van der Waals surface area contributed by atoms with Crippen molar-refractivity contribution in [3.63, 3.8) is 0 Å². The van der Waals surface area contributed by atoms with Crippen LogP contribution in [0.25, 0.3) is 0 Å². The smallest absolute Gasteiger partial charge is 0.331 e. The van der Waals surface area contributed by atoms with Gasteiger partial charge >= 0.3 is 6.03 Å². The van der Waals surface area contributed by atoms with Gasteiger partial charge in [0.25, 0.3) is 5.91 Å². The minimum atomic E-state index is -1.74. The highest BCUT2D eigenvalue weighted by atomic mass is 32.2. The standard InChI is InChI=1S/C24H30FN3O6S/c1-23(2,3)35(33)27-24(10-7-14-5-4-6-16(25)19(14)24)13-17(29)18-20(30)26-22(32)28(21(18)31)15-8-11-34-12-9-15/h4-6,15,18,27H,7-13H2,1-3H3,(H,26,30,32)/t18?,24-,35?/m1/s1. The quantitative estimate of drug-likeness (QED) is 0.444. The third-order valence-electron chi connectivity index (χ3n) is 6.79. The highest BCUT2D eigenvalue weighted by Gasteiger charge is 2.53. The van der Waals surface area contributed by atoms with Crippen LogP contribution >= 0.6 is 0 Å². The number of rotatable bonds is 6. The third-order valence-corrected chi connectivity index (χ3v) is 8.48. The van der Waals surface area contributed by atoms with Crippen molar-refractivity contribution in [3.05, 3.63) is 35.1 Å². The Morgan fingerprint density at radius 3 is 2.63 bits per heavy atom. The van der Waals surface area contributed by atoms with Gasteiger partial charge < -0.3 is 9.29 Å². The summed E-state index contributed by atoms with van der Waals surface area (Å²) in [7, 11) is 0. The van der Waals surface area contributed by atoms with Gasteiger partial charge in [-0.2, -0.15) is 0 Å². The average molecular weight is 508 g/mol. The van der Waals surface area contributed by atoms with E-state index < -0.39 is 69.5 Å². The minimum absolute atomic E-state index is 0.229. The van der Waals surface area contributed by atoms with E-state index in [1.807, 2.05) is 0 Å². The lowest BCUT2D eigenvalue weighted by atomic mass is 9.82. The highest BCUT2D eigenvalue weighted by molar-refractivity contribution is 7.90. The Morgan fingerprint density at radius 2 is 1.97 bits per heavy atom. The predicted molar refractivity (Wildman–Crippen MR) is 125 cm³/mol. The second-order valence-electron chi connectivity index (χ2n) is 10.3. The van der Waals surface area contributed by atoms with Gasteiger partial charge in [-0.3, -0.25) is 24.6 Å². The van der Waals surface area contributed by atoms with Crippen molar-refractivity contribution in [1.29, 1.82) is 0 Å². The van der Waals surface area contributed by atoms with Gasteiger partial charge in [-0.05, 0) is 58.1 Å². The van der Waals surface area contributed by atoms with Crippen molar-refractivity contribution in [1.82, 2.24) is 14.9 Å². The molecule has 4 rings (SSSR count). The molecule has 3 atom stereocenters. The van der Waals surface area contributed by atoms with Crippen LogP contribution < -0.4 is 10.0 Å². The Hall–Kier alpha value is -2.34. The Morgan fingerprint density at radius 1 is 1.29 bits per heavy atom. The van der Waals surface area contributed by atoms with Gasteiger partial charge in [-0.25, -0.2) is 9.18 Å². The molecule has 0 radical (unpaired) electrons. The number of Topliss-reactive ketones (excluding diaryl/α,β-unsaturated/α-hetero) is 1. The molecule has 2 heterocycles. The van der Waals surface area contributed by atoms with Crippen molar-refractivity contribution in [2.75, 3.05) is 13.2 Å². The molecule has 0 saturated carbocycles. The molecule has 2 N–H and O–H groups in total. The van der Waals surface area contributed by atoms with Gasteiger partial charge in [0.15, 0.2) is 11.7 Å². The van der Waals surface area contributed by atoms with Crippen LogP contribution in [0.4, 0.5) is 9.18 Å². The molecular weight excluding hydrogens is 477 g/mol. The number of ether oxygens (including phenoxy) is 1. The first-order valence-corrected chi connectivity index (χ1v) is 12.9. The molecule has 2 saturated heterocycles. The first kappa shape index (κ1) is 25.7. The fraction of sp³-hybridized carbons (Fsp3) is 0.583. The normalized spacial score (nSPS) is 26.5. The Kier molecular flexibility index (Phi) is 7.07. The number of carbonyl (C=O) groups excluding carboxylic acids is 4. The lowest BCUT2D eigenvalue weighted by Crippen LogP contribution is -2.63. The van der Waals surface area contributed by atoms with Crippen LogP contribution in [0.5, 0.6) is 0 Å². The van der Waals surface area contributed by atoms with Crippen molar-refractivity contribution in [3.8, 4) is 0 Å². The van der Waals surface area contributed by atoms with Crippen molar-refractivity contribution in [2.24, 2.45) is 5.92 Å². The van der Waals surface area contributed by atoms with E-state index in [0.717, 1.165) is 4.90 Å². The summed E-state index contributed by atoms with van der Waals surface area (Å²) in [6, 6.07) is 3.26. The summed E-state index contributed by atoms with van der Waals surface area (Å²) >= 11 is -1.67. The molecule has 9 nitrogen and oxygen atoms in total. The largest absolute Gasteiger partial charge is 0.598 e. The first-order chi connectivity index (χ1) is 16.4. The van der Waals surface area contributed by atoms with Gasteiger partial charge in [-0.15, -0.1) is 4.72 Å². The number of hydrogen-bond donors (Lipinski definition) is 2. The summed E-state index contributed by atoms with van der Waals surface area (Å²) in [5, 5.41) is 2.13. The van der Waals surface area contributed by atoms with E-state index in [9.17, 15) is 23.7 Å². The summed E-state index contributed by atoms with van der Waals surface area (Å²) in [5.41, 5.74) is -0.455. The molecule has 2 fully saturated rings. The molecule has 1 aliphatic carbocycles. The third kappa shape index (κ3) is 4.87. The number of urea groups is 1. The van der Waals surface area contributed by atoms with E-state index in [4.69, 9.17) is 4.74 Å². The molecule has 11 heteroatoms. The molecule has 3 aliphatic rings. The zero-order valence-corrected chi connectivity index (χ0v) is 20.8. The van der Waals surface area contributed by atoms with Crippen molar-refractivity contribution in [2.45, 2.75) is 69.2 Å². The van der Waals surface area contributed by atoms with Crippen LogP contribution in [0.15, 0.2) is 18.2 Å². The van der Waals surface area contributed by atoms with Gasteiger partial charge in [0.2, 0.25) is 5.91 Å². The van der Waals surface area contributed by atoms with Crippen LogP contribution in [-0.4, -0.2) is 57.1 Å². The number of nitrogens with zero attached hydrogens (tertiary/aromatic N) is 1. The number of benzene rings is 1. The SMILES string of the molecule is CC(C)(C)[S+]([O-])N[C@@]1(CC(=O)C2C(=O)NC(=O)N(C3CCOCC3)C2=O)CCc2cccc(F)c21. The fourth-order valence-electron chi connectivity index (χ4n) is 4.99. The molecule has 0 aromatic heterocycles. The highest BCUT2D eigenvalue weighted by Crippen LogP contribution is 2.43. The fourth-order valence-corrected chi connectivity index (χ4v) is 5.93. The lowest BCUT2D eigenvalue weighted by Gasteiger charge is -2.38. The van der Waals surface area contributed by atoms with Gasteiger partial charge in [0.05, 0.1) is 5.54 Å². The number of fused-ring (bicyclic) bond motifs is 1. The van der Waals surface area contributed by atoms with Gasteiger partial charge in [0, 0.05) is 42.6 Å². The second-order valence-corrected chi connectivity index (χ2v) is 12.2. The molecule has 35 heavy (non-hydrogen) atoms. The zero-order chi connectivity index (χ0) is 25.5. The molecule has 1 aromatic rings. The van der Waals surface area contributed by atoms with Crippen LogP contribution in [0.1, 0.15) is 57.6 Å².